The van der Waals surface area contributed by atoms with Crippen LogP contribution in [-0.2, 0) is 6.54 Å². The lowest BCUT2D eigenvalue weighted by molar-refractivity contribution is 0.0923. The van der Waals surface area contributed by atoms with Gasteiger partial charge < -0.3 is 10.3 Å². The third-order valence-electron chi connectivity index (χ3n) is 3.50. The maximum absolute atomic E-state index is 12.1. The Morgan fingerprint density at radius 1 is 1.40 bits per heavy atom. The van der Waals surface area contributed by atoms with Crippen molar-refractivity contribution in [2.75, 3.05) is 5.73 Å². The van der Waals surface area contributed by atoms with E-state index in [0.717, 1.165) is 24.2 Å². The Kier molecular flexibility index (Phi) is 4.17. The maximum Gasteiger partial charge on any atom is 0.186 e. The average Bonchev–Trinajstić information content (AvgIpc) is 2.94. The van der Waals surface area contributed by atoms with Gasteiger partial charge in [0.2, 0.25) is 0 Å². The highest BCUT2D eigenvalue weighted by molar-refractivity contribution is 6.00. The first-order chi connectivity index (χ1) is 9.56. The highest BCUT2D eigenvalue weighted by Gasteiger charge is 2.18. The van der Waals surface area contributed by atoms with Crippen LogP contribution < -0.4 is 5.73 Å². The standard InChI is InChI=1S/C15H20N4O/c1-4-10(3)15(20)14-12(16)6-11(7-17-14)13-8-19(5-2)9-18-13/h6-10H,4-5,16H2,1-3H3. The summed E-state index contributed by atoms with van der Waals surface area (Å²) < 4.78 is 1.98. The zero-order valence-corrected chi connectivity index (χ0v) is 12.1. The number of imidazole rings is 1. The Bertz CT molecular complexity index is 618. The van der Waals surface area contributed by atoms with Crippen molar-refractivity contribution >= 4 is 11.5 Å². The van der Waals surface area contributed by atoms with E-state index in [1.54, 1.807) is 18.6 Å². The van der Waals surface area contributed by atoms with Gasteiger partial charge in [-0.3, -0.25) is 9.78 Å². The number of carbonyl (C=O) groups excluding carboxylic acids is 1. The summed E-state index contributed by atoms with van der Waals surface area (Å²) in [6.45, 7) is 6.78. The lowest BCUT2D eigenvalue weighted by Crippen LogP contribution is -2.14. The van der Waals surface area contributed by atoms with Gasteiger partial charge in [0.15, 0.2) is 5.78 Å². The summed E-state index contributed by atoms with van der Waals surface area (Å²) in [5.74, 6) is -0.0643. The number of aryl methyl sites for hydroxylation is 1. The number of nitrogens with two attached hydrogens (primary N) is 1. The Hall–Kier alpha value is -2.17. The van der Waals surface area contributed by atoms with Gasteiger partial charge in [0.25, 0.3) is 0 Å². The van der Waals surface area contributed by atoms with Crippen LogP contribution in [0.2, 0.25) is 0 Å². The molecule has 0 aliphatic carbocycles. The number of hydrogen-bond donors (Lipinski definition) is 1. The summed E-state index contributed by atoms with van der Waals surface area (Å²) in [4.78, 5) is 20.7. The number of hydrogen-bond acceptors (Lipinski definition) is 4. The van der Waals surface area contributed by atoms with Crippen molar-refractivity contribution in [2.45, 2.75) is 33.7 Å². The third kappa shape index (κ3) is 2.71. The molecule has 0 saturated heterocycles. The lowest BCUT2D eigenvalue weighted by atomic mass is 9.99. The van der Waals surface area contributed by atoms with E-state index in [2.05, 4.69) is 9.97 Å². The van der Waals surface area contributed by atoms with E-state index in [0.29, 0.717) is 11.4 Å². The molecule has 20 heavy (non-hydrogen) atoms. The molecule has 2 heterocycles. The quantitative estimate of drug-likeness (QED) is 0.849. The van der Waals surface area contributed by atoms with Crippen LogP contribution >= 0.6 is 0 Å². The summed E-state index contributed by atoms with van der Waals surface area (Å²) in [6, 6.07) is 1.77. The Balaban J connectivity index is 2.32. The molecule has 0 bridgehead atoms. The maximum atomic E-state index is 12.1. The molecule has 0 radical (unpaired) electrons. The minimum absolute atomic E-state index is 0.00404. The first-order valence-electron chi connectivity index (χ1n) is 6.88. The van der Waals surface area contributed by atoms with Crippen molar-refractivity contribution in [3.05, 3.63) is 30.5 Å². The highest BCUT2D eigenvalue weighted by Crippen LogP contribution is 2.23. The minimum atomic E-state index is -0.0602. The number of nitrogens with zero attached hydrogens (tertiary/aromatic N) is 3. The predicted molar refractivity (Wildman–Crippen MR) is 79.3 cm³/mol. The summed E-state index contributed by atoms with van der Waals surface area (Å²) in [5, 5.41) is 0. The van der Waals surface area contributed by atoms with Crippen LogP contribution in [0, 0.1) is 5.92 Å². The predicted octanol–water partition coefficient (Wildman–Crippen LogP) is 2.78. The van der Waals surface area contributed by atoms with Gasteiger partial charge in [-0.1, -0.05) is 13.8 Å². The fourth-order valence-corrected chi connectivity index (χ4v) is 1.93. The van der Waals surface area contributed by atoms with Gasteiger partial charge in [-0.2, -0.15) is 0 Å². The highest BCUT2D eigenvalue weighted by atomic mass is 16.1. The first-order valence-corrected chi connectivity index (χ1v) is 6.88. The molecule has 0 amide bonds. The second-order valence-electron chi connectivity index (χ2n) is 4.92. The third-order valence-corrected chi connectivity index (χ3v) is 3.50. The molecule has 1 atom stereocenters. The molecule has 2 N–H and O–H groups in total. The van der Waals surface area contributed by atoms with Gasteiger partial charge in [0.1, 0.15) is 5.69 Å². The molecule has 0 aliphatic heterocycles. The largest absolute Gasteiger partial charge is 0.397 e. The number of nitrogen functional groups attached to an aromatic ring is 1. The first kappa shape index (κ1) is 14.2. The van der Waals surface area contributed by atoms with Crippen molar-refractivity contribution in [3.63, 3.8) is 0 Å². The normalized spacial score (nSPS) is 12.3. The molecule has 5 nitrogen and oxygen atoms in total. The molecule has 0 spiro atoms. The zero-order chi connectivity index (χ0) is 14.7. The zero-order valence-electron chi connectivity index (χ0n) is 12.1. The molecular weight excluding hydrogens is 252 g/mol. The summed E-state index contributed by atoms with van der Waals surface area (Å²) in [6.07, 6.45) is 6.15. The van der Waals surface area contributed by atoms with Crippen LogP contribution in [0.4, 0.5) is 5.69 Å². The molecule has 0 aliphatic rings. The number of anilines is 1. The molecule has 5 heteroatoms. The molecule has 0 saturated carbocycles. The number of carbonyl (C=O) groups is 1. The molecule has 106 valence electrons. The Morgan fingerprint density at radius 2 is 2.15 bits per heavy atom. The summed E-state index contributed by atoms with van der Waals surface area (Å²) in [7, 11) is 0. The molecule has 1 unspecified atom stereocenters. The molecule has 0 fully saturated rings. The molecule has 0 aromatic carbocycles. The van der Waals surface area contributed by atoms with Gasteiger partial charge in [-0.25, -0.2) is 4.98 Å². The van der Waals surface area contributed by atoms with Crippen LogP contribution in [0.1, 0.15) is 37.7 Å². The number of ketones is 1. The lowest BCUT2D eigenvalue weighted by Gasteiger charge is -2.09. The van der Waals surface area contributed by atoms with Crippen LogP contribution in [0.25, 0.3) is 11.3 Å². The molecule has 2 aromatic rings. The van der Waals surface area contributed by atoms with Gasteiger partial charge in [0.05, 0.1) is 17.7 Å². The molecule has 2 rings (SSSR count). The van der Waals surface area contributed by atoms with E-state index in [9.17, 15) is 4.79 Å². The molecular formula is C15H20N4O. The van der Waals surface area contributed by atoms with Crippen LogP contribution in [0.15, 0.2) is 24.8 Å². The number of Topliss-reactive ketones (excluding diaryl/α,β-unsaturated/α-hetero) is 1. The van der Waals surface area contributed by atoms with Gasteiger partial charge >= 0.3 is 0 Å². The van der Waals surface area contributed by atoms with Crippen LogP contribution in [-0.4, -0.2) is 20.3 Å². The number of aromatic nitrogens is 3. The molecule has 2 aromatic heterocycles. The second-order valence-corrected chi connectivity index (χ2v) is 4.92. The van der Waals surface area contributed by atoms with Gasteiger partial charge in [0, 0.05) is 30.4 Å². The van der Waals surface area contributed by atoms with Crippen LogP contribution in [0.5, 0.6) is 0 Å². The van der Waals surface area contributed by atoms with Gasteiger partial charge in [-0.05, 0) is 19.4 Å². The van der Waals surface area contributed by atoms with Crippen molar-refractivity contribution in [1.82, 2.24) is 14.5 Å². The second kappa shape index (κ2) is 5.86. The minimum Gasteiger partial charge on any atom is -0.397 e. The Labute approximate surface area is 118 Å². The van der Waals surface area contributed by atoms with E-state index in [4.69, 9.17) is 5.73 Å². The monoisotopic (exact) mass is 272 g/mol. The van der Waals surface area contributed by atoms with E-state index in [-0.39, 0.29) is 11.7 Å². The van der Waals surface area contributed by atoms with E-state index in [1.807, 2.05) is 31.5 Å². The van der Waals surface area contributed by atoms with Crippen molar-refractivity contribution in [1.29, 1.82) is 0 Å². The average molecular weight is 272 g/mol. The summed E-state index contributed by atoms with van der Waals surface area (Å²) in [5.41, 5.74) is 8.39. The topological polar surface area (TPSA) is 73.8 Å². The number of pyridine rings is 1. The fraction of sp³-hybridized carbons (Fsp3) is 0.400. The SMILES string of the molecule is CCC(C)C(=O)c1ncc(-c2cn(CC)cn2)cc1N. The smallest absolute Gasteiger partial charge is 0.186 e. The van der Waals surface area contributed by atoms with E-state index >= 15 is 0 Å². The van der Waals surface area contributed by atoms with E-state index < -0.39 is 0 Å². The summed E-state index contributed by atoms with van der Waals surface area (Å²) >= 11 is 0. The van der Waals surface area contributed by atoms with Crippen LogP contribution in [0.3, 0.4) is 0 Å². The van der Waals surface area contributed by atoms with E-state index in [1.165, 1.54) is 0 Å². The van der Waals surface area contributed by atoms with Crippen molar-refractivity contribution in [3.8, 4) is 11.3 Å². The van der Waals surface area contributed by atoms with Crippen molar-refractivity contribution in [2.24, 2.45) is 5.92 Å². The Morgan fingerprint density at radius 3 is 2.70 bits per heavy atom. The number of rotatable bonds is 5. The van der Waals surface area contributed by atoms with Crippen molar-refractivity contribution < 1.29 is 4.79 Å². The fourth-order valence-electron chi connectivity index (χ4n) is 1.93. The van der Waals surface area contributed by atoms with Gasteiger partial charge in [-0.15, -0.1) is 0 Å².